The van der Waals surface area contributed by atoms with E-state index in [0.717, 1.165) is 0 Å². The van der Waals surface area contributed by atoms with Crippen LogP contribution in [0.25, 0.3) is 0 Å². The van der Waals surface area contributed by atoms with Crippen LogP contribution in [0.3, 0.4) is 0 Å². The molecule has 0 aliphatic rings. The van der Waals surface area contributed by atoms with Gasteiger partial charge in [0.15, 0.2) is 0 Å². The van der Waals surface area contributed by atoms with Crippen molar-refractivity contribution in [3.8, 4) is 0 Å². The van der Waals surface area contributed by atoms with Crippen LogP contribution in [0.1, 0.15) is 0 Å². The molecule has 0 aromatic carbocycles. The molecule has 0 heterocycles. The zero-order valence-corrected chi connectivity index (χ0v) is 26.8. The van der Waals surface area contributed by atoms with E-state index in [1.807, 2.05) is 53.3 Å². The predicted octanol–water partition coefficient (Wildman–Crippen LogP) is 4.75. The van der Waals surface area contributed by atoms with E-state index in [1.165, 1.54) is 0 Å². The van der Waals surface area contributed by atoms with Crippen LogP contribution in [-0.2, 0) is 98.0 Å². The molecule has 0 unspecified atom stereocenters. The summed E-state index contributed by atoms with van der Waals surface area (Å²) >= 11 is 38.0. The fraction of sp³-hybridized carbons (Fsp3) is 1.00. The predicted molar refractivity (Wildman–Crippen MR) is 134 cm³/mol. The summed E-state index contributed by atoms with van der Waals surface area (Å²) in [6, 6.07) is 0. The zero-order valence-electron chi connectivity index (χ0n) is 13.6. The Kier molecular flexibility index (Phi) is 32.2. The molecule has 0 saturated carbocycles. The minimum atomic E-state index is -1.22. The largest absolute Gasteiger partial charge is 0.579 e. The van der Waals surface area contributed by atoms with Gasteiger partial charge in [0.1, 0.15) is 0 Å². The Balaban J connectivity index is -0.0000000533. The van der Waals surface area contributed by atoms with Crippen LogP contribution in [-0.4, -0.2) is 53.3 Å². The van der Waals surface area contributed by atoms with Crippen molar-refractivity contribution in [2.75, 3.05) is 53.3 Å². The van der Waals surface area contributed by atoms with Crippen LogP contribution in [0, 0.1) is 41.7 Å². The molecule has 0 saturated heterocycles. The third-order valence-electron chi connectivity index (χ3n) is 0. The van der Waals surface area contributed by atoms with Gasteiger partial charge in [-0.3, -0.25) is 0 Å². The van der Waals surface area contributed by atoms with E-state index in [2.05, 4.69) is 0 Å². The van der Waals surface area contributed by atoms with Gasteiger partial charge in [0.25, 0.3) is 0 Å². The Morgan fingerprint density at radius 2 is 0.333 bits per heavy atom. The molecule has 0 N–H and O–H groups in total. The topological polar surface area (TPSA) is 0 Å². The summed E-state index contributed by atoms with van der Waals surface area (Å²) in [5, 5.41) is 0. The molecule has 0 aromatic rings. The number of rotatable bonds is 0. The quantitative estimate of drug-likeness (QED) is 0.272. The van der Waals surface area contributed by atoms with Crippen LogP contribution in [0.5, 0.6) is 0 Å². The second-order valence-electron chi connectivity index (χ2n) is 5.01. The molecule has 0 amide bonds. The summed E-state index contributed by atoms with van der Waals surface area (Å²) in [5.74, 6) is 0. The fourth-order valence-electron chi connectivity index (χ4n) is 0. The Morgan fingerprint density at radius 1 is 0.333 bits per heavy atom. The smallest absolute Gasteiger partial charge is 0.00930 e. The van der Waals surface area contributed by atoms with Gasteiger partial charge in [-0.2, -0.15) is 0 Å². The van der Waals surface area contributed by atoms with Crippen LogP contribution >= 0.6 is 22.7 Å². The van der Waals surface area contributed by atoms with E-state index in [4.69, 9.17) is 98.0 Å². The maximum absolute atomic E-state index is 4.75. The van der Waals surface area contributed by atoms with E-state index in [0.29, 0.717) is 0 Å². The monoisotopic (exact) mass is 640 g/mol. The van der Waals surface area contributed by atoms with E-state index in [1.54, 1.807) is 0 Å². The summed E-state index contributed by atoms with van der Waals surface area (Å²) in [6.45, 7) is 15.4. The molecule has 0 spiro atoms. The molecule has 0 bridgehead atoms. The third-order valence-corrected chi connectivity index (χ3v) is 0. The van der Waals surface area contributed by atoms with Gasteiger partial charge in [0, 0.05) is 95.1 Å². The van der Waals surface area contributed by atoms with Crippen molar-refractivity contribution in [2.45, 2.75) is 0 Å². The molecule has 21 heavy (non-hydrogen) atoms. The van der Waals surface area contributed by atoms with E-state index in [-0.39, 0.29) is 41.7 Å². The second kappa shape index (κ2) is 18.0. The van der Waals surface area contributed by atoms with Gasteiger partial charge in [0.05, 0.1) is 0 Å². The number of hydrogen-bond donors (Lipinski definition) is 0. The zero-order chi connectivity index (χ0) is 18.0. The summed E-state index contributed by atoms with van der Waals surface area (Å²) in [7, 11) is 0. The Morgan fingerprint density at radius 3 is 0.333 bits per heavy atom. The molecular formula is C8H24CeP4S8-4. The first-order valence-corrected chi connectivity index (χ1v) is 23.9. The third kappa shape index (κ3) is 425. The molecule has 0 aliphatic carbocycles. The summed E-state index contributed by atoms with van der Waals surface area (Å²) < 4.78 is 0. The molecular weight excluding hydrogens is 617 g/mol. The molecule has 132 valence electrons. The van der Waals surface area contributed by atoms with Crippen molar-refractivity contribution in [3.63, 3.8) is 0 Å². The number of hydrogen-bond acceptors (Lipinski definition) is 8. The first-order valence-electron chi connectivity index (χ1n) is 5.04. The maximum atomic E-state index is 4.75. The van der Waals surface area contributed by atoms with Gasteiger partial charge < -0.3 is 98.0 Å². The molecule has 0 fully saturated rings. The van der Waals surface area contributed by atoms with Crippen molar-refractivity contribution >= 4 is 121 Å². The standard InChI is InChI=1S/4C2H7PS2.Ce/c4*1-3(2,4)5;/h4*1-2H3,(H,4,5);/p-4. The van der Waals surface area contributed by atoms with Gasteiger partial charge in [-0.1, -0.05) is 0 Å². The average Bonchev–Trinajstić information content (AvgIpc) is 1.62. The molecule has 0 rings (SSSR count). The molecule has 0 aliphatic heterocycles. The normalized spacial score (nSPS) is 11.4. The van der Waals surface area contributed by atoms with Crippen molar-refractivity contribution in [1.29, 1.82) is 0 Å². The van der Waals surface area contributed by atoms with Gasteiger partial charge in [-0.05, 0) is 0 Å². The Labute approximate surface area is 212 Å². The SMILES string of the molecule is C[P+](C)([S-])[S-].C[P+](C)([S-])[S-].C[P+](C)([S-])[S-].C[P+](C)([S-])[S-].[Ce]. The van der Waals surface area contributed by atoms with Gasteiger partial charge in [-0.15, -0.1) is 0 Å². The van der Waals surface area contributed by atoms with Gasteiger partial charge in [-0.25, -0.2) is 22.7 Å². The maximum Gasteiger partial charge on any atom is 0.00930 e. The Bertz CT molecular complexity index is 146. The van der Waals surface area contributed by atoms with E-state index in [9.17, 15) is 0 Å². The van der Waals surface area contributed by atoms with E-state index < -0.39 is 22.7 Å². The van der Waals surface area contributed by atoms with E-state index >= 15 is 0 Å². The molecule has 0 nitrogen and oxygen atoms in total. The van der Waals surface area contributed by atoms with Gasteiger partial charge in [0.2, 0.25) is 0 Å². The first-order chi connectivity index (χ1) is 8.00. The van der Waals surface area contributed by atoms with Crippen LogP contribution < -0.4 is 0 Å². The molecule has 0 aromatic heterocycles. The first kappa shape index (κ1) is 37.6. The molecule has 0 atom stereocenters. The average molecular weight is 641 g/mol. The summed E-state index contributed by atoms with van der Waals surface area (Å²) in [6.07, 6.45) is 0. The van der Waals surface area contributed by atoms with Crippen LogP contribution in [0.4, 0.5) is 0 Å². The summed E-state index contributed by atoms with van der Waals surface area (Å²) in [5.41, 5.74) is -4.89. The van der Waals surface area contributed by atoms with Crippen molar-refractivity contribution in [2.24, 2.45) is 0 Å². The molecule has 0 radical (unpaired) electrons. The minimum absolute atomic E-state index is 0. The Hall–Kier alpha value is 5.90. The van der Waals surface area contributed by atoms with Crippen molar-refractivity contribution in [1.82, 2.24) is 0 Å². The van der Waals surface area contributed by atoms with Crippen molar-refractivity contribution < 1.29 is 41.7 Å². The van der Waals surface area contributed by atoms with Crippen LogP contribution in [0.2, 0.25) is 0 Å². The second-order valence-corrected chi connectivity index (χ2v) is 39.7. The van der Waals surface area contributed by atoms with Crippen LogP contribution in [0.15, 0.2) is 0 Å². The minimum Gasteiger partial charge on any atom is -0.579 e. The van der Waals surface area contributed by atoms with Crippen molar-refractivity contribution in [3.05, 3.63) is 0 Å². The summed E-state index contributed by atoms with van der Waals surface area (Å²) in [4.78, 5) is 0. The molecule has 13 heteroatoms. The fourth-order valence-corrected chi connectivity index (χ4v) is 0. The van der Waals surface area contributed by atoms with Gasteiger partial charge >= 0.3 is 0 Å².